The maximum Gasteiger partial charge on any atom is 0.221 e. The first-order valence-corrected chi connectivity index (χ1v) is 11.1. The molecule has 2 fully saturated rings. The molecule has 0 bridgehead atoms. The Kier molecular flexibility index (Phi) is 5.87. The molecule has 3 N–H and O–H groups in total. The zero-order chi connectivity index (χ0) is 21.9. The summed E-state index contributed by atoms with van der Waals surface area (Å²) in [5.41, 5.74) is 3.04. The van der Waals surface area contributed by atoms with Crippen molar-refractivity contribution < 1.29 is 9.53 Å². The maximum absolute atomic E-state index is 11.2. The lowest BCUT2D eigenvalue weighted by Gasteiger charge is -2.40. The number of amides is 1. The number of anilines is 4. The van der Waals surface area contributed by atoms with Crippen LogP contribution >= 0.6 is 0 Å². The molecule has 0 aliphatic carbocycles. The Morgan fingerprint density at radius 2 is 1.78 bits per heavy atom. The Morgan fingerprint density at radius 1 is 1.06 bits per heavy atom. The summed E-state index contributed by atoms with van der Waals surface area (Å²) in [7, 11) is 0. The highest BCUT2D eigenvalue weighted by molar-refractivity contribution is 5.89. The maximum atomic E-state index is 11.2. The zero-order valence-electron chi connectivity index (χ0n) is 18.2. The molecule has 0 spiro atoms. The molecule has 1 amide bonds. The fourth-order valence-electron chi connectivity index (χ4n) is 4.42. The number of imidazole rings is 1. The number of carbonyl (C=O) groups excluding carboxylic acids is 1. The van der Waals surface area contributed by atoms with Crippen molar-refractivity contribution in [3.63, 3.8) is 0 Å². The van der Waals surface area contributed by atoms with Gasteiger partial charge in [-0.05, 0) is 37.1 Å². The van der Waals surface area contributed by atoms with Crippen LogP contribution in [-0.2, 0) is 9.53 Å². The van der Waals surface area contributed by atoms with Crippen LogP contribution in [0.4, 0.5) is 23.1 Å². The number of morpholine rings is 1. The van der Waals surface area contributed by atoms with Crippen LogP contribution < -0.4 is 15.5 Å². The van der Waals surface area contributed by atoms with Crippen molar-refractivity contribution in [2.24, 2.45) is 0 Å². The summed E-state index contributed by atoms with van der Waals surface area (Å²) in [5, 5.41) is 6.09. The van der Waals surface area contributed by atoms with Crippen molar-refractivity contribution in [1.82, 2.24) is 24.8 Å². The number of hydrogen-bond acceptors (Lipinski definition) is 8. The van der Waals surface area contributed by atoms with Crippen LogP contribution in [0, 0.1) is 0 Å². The SMILES string of the molecule is CC(=O)Nc1ccc(Nc2ncnc3nc(N4CCC(N5CCOCC5)CC4)[nH]c23)cc1. The normalized spacial score (nSPS) is 18.1. The highest BCUT2D eigenvalue weighted by Crippen LogP contribution is 2.27. The summed E-state index contributed by atoms with van der Waals surface area (Å²) in [5.74, 6) is 1.41. The molecule has 0 unspecified atom stereocenters. The number of nitrogens with one attached hydrogen (secondary N) is 3. The van der Waals surface area contributed by atoms with E-state index in [0.29, 0.717) is 17.5 Å². The van der Waals surface area contributed by atoms with Gasteiger partial charge in [-0.2, -0.15) is 4.98 Å². The van der Waals surface area contributed by atoms with Crippen molar-refractivity contribution in [3.05, 3.63) is 30.6 Å². The summed E-state index contributed by atoms with van der Waals surface area (Å²) in [4.78, 5) is 32.9. The molecule has 0 radical (unpaired) electrons. The van der Waals surface area contributed by atoms with Gasteiger partial charge in [0.1, 0.15) is 11.8 Å². The summed E-state index contributed by atoms with van der Waals surface area (Å²) < 4.78 is 5.49. The number of benzene rings is 1. The predicted octanol–water partition coefficient (Wildman–Crippen LogP) is 2.36. The van der Waals surface area contributed by atoms with Crippen LogP contribution in [0.5, 0.6) is 0 Å². The summed E-state index contributed by atoms with van der Waals surface area (Å²) in [6, 6.07) is 8.11. The van der Waals surface area contributed by atoms with Crippen molar-refractivity contribution in [2.75, 3.05) is 54.9 Å². The molecule has 168 valence electrons. The molecule has 10 nitrogen and oxygen atoms in total. The van der Waals surface area contributed by atoms with Crippen molar-refractivity contribution in [3.8, 4) is 0 Å². The number of carbonyl (C=O) groups is 1. The van der Waals surface area contributed by atoms with Crippen molar-refractivity contribution >= 4 is 40.2 Å². The molecule has 2 saturated heterocycles. The van der Waals surface area contributed by atoms with E-state index >= 15 is 0 Å². The lowest BCUT2D eigenvalue weighted by molar-refractivity contribution is -0.114. The average molecular weight is 437 g/mol. The number of rotatable bonds is 5. The number of H-pyrrole nitrogens is 1. The van der Waals surface area contributed by atoms with Crippen LogP contribution in [0.2, 0.25) is 0 Å². The smallest absolute Gasteiger partial charge is 0.221 e. The number of fused-ring (bicyclic) bond motifs is 1. The summed E-state index contributed by atoms with van der Waals surface area (Å²) in [6.07, 6.45) is 3.76. The quantitative estimate of drug-likeness (QED) is 0.559. The minimum Gasteiger partial charge on any atom is -0.379 e. The van der Waals surface area contributed by atoms with E-state index in [-0.39, 0.29) is 5.91 Å². The first kappa shape index (κ1) is 20.7. The molecule has 2 aromatic heterocycles. The summed E-state index contributed by atoms with van der Waals surface area (Å²) in [6.45, 7) is 7.16. The van der Waals surface area contributed by atoms with E-state index < -0.39 is 0 Å². The Hall–Kier alpha value is -3.24. The molecule has 1 aromatic carbocycles. The van der Waals surface area contributed by atoms with Crippen molar-refractivity contribution in [2.45, 2.75) is 25.8 Å². The Morgan fingerprint density at radius 3 is 2.50 bits per heavy atom. The molecule has 0 atom stereocenters. The second-order valence-electron chi connectivity index (χ2n) is 8.23. The van der Waals surface area contributed by atoms with E-state index in [2.05, 4.69) is 35.4 Å². The van der Waals surface area contributed by atoms with E-state index in [4.69, 9.17) is 9.72 Å². The third-order valence-corrected chi connectivity index (χ3v) is 6.07. The second-order valence-corrected chi connectivity index (χ2v) is 8.23. The van der Waals surface area contributed by atoms with Gasteiger partial charge in [0.15, 0.2) is 11.5 Å². The largest absolute Gasteiger partial charge is 0.379 e. The zero-order valence-corrected chi connectivity index (χ0v) is 18.2. The molecular formula is C22H28N8O2. The molecule has 10 heteroatoms. The van der Waals surface area contributed by atoms with Gasteiger partial charge in [0.05, 0.1) is 13.2 Å². The molecule has 5 rings (SSSR count). The minimum absolute atomic E-state index is 0.0952. The third-order valence-electron chi connectivity index (χ3n) is 6.07. The van der Waals surface area contributed by atoms with Gasteiger partial charge < -0.3 is 25.3 Å². The Balaban J connectivity index is 1.28. The topological polar surface area (TPSA) is 111 Å². The monoisotopic (exact) mass is 436 g/mol. The van der Waals surface area contributed by atoms with E-state index in [1.54, 1.807) is 0 Å². The molecule has 32 heavy (non-hydrogen) atoms. The Labute approximate surface area is 186 Å². The van der Waals surface area contributed by atoms with E-state index in [1.807, 2.05) is 24.3 Å². The number of piperidine rings is 1. The van der Waals surface area contributed by atoms with Gasteiger partial charge in [0.25, 0.3) is 0 Å². The van der Waals surface area contributed by atoms with Gasteiger partial charge in [0, 0.05) is 50.5 Å². The lowest BCUT2D eigenvalue weighted by Crippen LogP contribution is -2.49. The van der Waals surface area contributed by atoms with Crippen LogP contribution in [0.1, 0.15) is 19.8 Å². The van der Waals surface area contributed by atoms with Crippen molar-refractivity contribution in [1.29, 1.82) is 0 Å². The molecule has 2 aliphatic rings. The first-order chi connectivity index (χ1) is 15.7. The van der Waals surface area contributed by atoms with Gasteiger partial charge >= 0.3 is 0 Å². The third kappa shape index (κ3) is 4.51. The molecule has 0 saturated carbocycles. The predicted molar refractivity (Wildman–Crippen MR) is 123 cm³/mol. The number of aromatic nitrogens is 4. The standard InChI is InChI=1S/C22H28N8O2/c1-15(31)25-16-2-4-17(5-3-16)26-20-19-21(24-14-23-20)28-22(27-19)30-8-6-18(7-9-30)29-10-12-32-13-11-29/h2-5,14,18H,6-13H2,1H3,(H,25,31)(H2,23,24,26,27,28). The fraction of sp³-hybridized carbons (Fsp3) is 0.455. The highest BCUT2D eigenvalue weighted by Gasteiger charge is 2.27. The van der Waals surface area contributed by atoms with E-state index in [9.17, 15) is 4.79 Å². The molecule has 4 heterocycles. The van der Waals surface area contributed by atoms with Gasteiger partial charge in [-0.1, -0.05) is 0 Å². The van der Waals surface area contributed by atoms with E-state index in [1.165, 1.54) is 13.3 Å². The molecule has 2 aliphatic heterocycles. The average Bonchev–Trinajstić information content (AvgIpc) is 3.26. The van der Waals surface area contributed by atoms with Crippen LogP contribution in [0.15, 0.2) is 30.6 Å². The van der Waals surface area contributed by atoms with Gasteiger partial charge in [-0.25, -0.2) is 9.97 Å². The number of aromatic amines is 1. The molecular weight excluding hydrogens is 408 g/mol. The second kappa shape index (κ2) is 9.09. The Bertz CT molecular complexity index is 1070. The summed E-state index contributed by atoms with van der Waals surface area (Å²) >= 11 is 0. The van der Waals surface area contributed by atoms with Crippen LogP contribution in [0.3, 0.4) is 0 Å². The number of ether oxygens (including phenoxy) is 1. The first-order valence-electron chi connectivity index (χ1n) is 11.1. The van der Waals surface area contributed by atoms with E-state index in [0.717, 1.165) is 75.1 Å². The minimum atomic E-state index is -0.0952. The van der Waals surface area contributed by atoms with Gasteiger partial charge in [-0.15, -0.1) is 0 Å². The van der Waals surface area contributed by atoms with Gasteiger partial charge in [0.2, 0.25) is 11.9 Å². The van der Waals surface area contributed by atoms with Gasteiger partial charge in [-0.3, -0.25) is 9.69 Å². The number of nitrogens with zero attached hydrogens (tertiary/aromatic N) is 5. The number of hydrogen-bond donors (Lipinski definition) is 3. The lowest BCUT2D eigenvalue weighted by atomic mass is 10.0. The highest BCUT2D eigenvalue weighted by atomic mass is 16.5. The van der Waals surface area contributed by atoms with Crippen LogP contribution in [0.25, 0.3) is 11.2 Å². The molecule has 3 aromatic rings. The van der Waals surface area contributed by atoms with Crippen LogP contribution in [-0.4, -0.2) is 76.2 Å². The fourth-order valence-corrected chi connectivity index (χ4v) is 4.42.